The van der Waals surface area contributed by atoms with Crippen LogP contribution in [-0.2, 0) is 13.1 Å². The van der Waals surface area contributed by atoms with Gasteiger partial charge in [0.2, 0.25) is 0 Å². The lowest BCUT2D eigenvalue weighted by molar-refractivity contribution is 0.862. The van der Waals surface area contributed by atoms with Crippen LogP contribution in [-0.4, -0.2) is 34.8 Å². The van der Waals surface area contributed by atoms with Crippen molar-refractivity contribution < 1.29 is 0 Å². The van der Waals surface area contributed by atoms with Gasteiger partial charge in [-0.1, -0.05) is 131 Å². The molecule has 8 heteroatoms. The van der Waals surface area contributed by atoms with E-state index in [-0.39, 0.29) is 0 Å². The summed E-state index contributed by atoms with van der Waals surface area (Å²) >= 11 is 11.2. The SMILES string of the molecule is S=C(NCCSSCCNC(=S)NCc1ccc2ccc3cccc4ccc1c2c34)NCc1ccc2ccc3cccc4ccc1c2c34. The summed E-state index contributed by atoms with van der Waals surface area (Å²) in [5.74, 6) is 1.92. The molecule has 48 heavy (non-hydrogen) atoms. The van der Waals surface area contributed by atoms with Crippen LogP contribution in [0.1, 0.15) is 11.1 Å². The van der Waals surface area contributed by atoms with E-state index in [4.69, 9.17) is 24.4 Å². The monoisotopic (exact) mass is 698 g/mol. The van der Waals surface area contributed by atoms with Crippen molar-refractivity contribution in [3.05, 3.63) is 120 Å². The molecule has 4 N–H and O–H groups in total. The highest BCUT2D eigenvalue weighted by Crippen LogP contribution is 2.37. The quantitative estimate of drug-likeness (QED) is 0.0462. The van der Waals surface area contributed by atoms with Crippen molar-refractivity contribution in [3.8, 4) is 0 Å². The van der Waals surface area contributed by atoms with Gasteiger partial charge in [-0.15, -0.1) is 0 Å². The van der Waals surface area contributed by atoms with E-state index in [2.05, 4.69) is 130 Å². The second-order valence-electron chi connectivity index (χ2n) is 12.0. The van der Waals surface area contributed by atoms with E-state index in [1.165, 1.54) is 75.8 Å². The Kier molecular flexibility index (Phi) is 8.97. The van der Waals surface area contributed by atoms with Crippen molar-refractivity contribution in [3.63, 3.8) is 0 Å². The van der Waals surface area contributed by atoms with E-state index >= 15 is 0 Å². The van der Waals surface area contributed by atoms with Gasteiger partial charge < -0.3 is 21.3 Å². The van der Waals surface area contributed by atoms with E-state index in [0.717, 1.165) is 24.6 Å². The van der Waals surface area contributed by atoms with Crippen molar-refractivity contribution >= 4 is 121 Å². The van der Waals surface area contributed by atoms with Crippen molar-refractivity contribution in [2.45, 2.75) is 13.1 Å². The van der Waals surface area contributed by atoms with Gasteiger partial charge in [-0.25, -0.2) is 0 Å². The summed E-state index contributed by atoms with van der Waals surface area (Å²) in [6.07, 6.45) is 0. The molecule has 0 saturated heterocycles. The number of rotatable bonds is 11. The Morgan fingerprint density at radius 1 is 0.417 bits per heavy atom. The Morgan fingerprint density at radius 3 is 1.19 bits per heavy atom. The van der Waals surface area contributed by atoms with Crippen LogP contribution in [0.15, 0.2) is 109 Å². The number of thiocarbonyl (C=S) groups is 2. The first-order valence-electron chi connectivity index (χ1n) is 16.2. The number of nitrogens with one attached hydrogen (secondary N) is 4. The fraction of sp³-hybridized carbons (Fsp3) is 0.150. The molecule has 8 aromatic rings. The molecule has 0 heterocycles. The molecule has 0 aliphatic heterocycles. The standard InChI is InChI=1S/C40H34N4S4/c45-39(43-23-31-13-11-29-9-7-25-3-1-5-27-15-17-33(31)37(29)35(25)27)41-19-21-47-48-22-20-42-40(46)44-24-32-14-12-30-10-8-26-4-2-6-28-16-18-34(32)38(30)36(26)28/h1-18H,19-24H2,(H2,41,43,45)(H2,42,44,46). The third-order valence-corrected chi connectivity index (χ3v) is 12.1. The lowest BCUT2D eigenvalue weighted by Crippen LogP contribution is -2.36. The molecule has 238 valence electrons. The highest BCUT2D eigenvalue weighted by atomic mass is 33.1. The second-order valence-corrected chi connectivity index (χ2v) is 15.5. The number of benzene rings is 8. The maximum absolute atomic E-state index is 5.60. The largest absolute Gasteiger partial charge is 0.362 e. The molecule has 0 saturated carbocycles. The Bertz CT molecular complexity index is 2220. The summed E-state index contributed by atoms with van der Waals surface area (Å²) in [6, 6.07) is 39.8. The zero-order valence-electron chi connectivity index (χ0n) is 26.3. The summed E-state index contributed by atoms with van der Waals surface area (Å²) < 4.78 is 0. The zero-order chi connectivity index (χ0) is 32.5. The predicted octanol–water partition coefficient (Wildman–Crippen LogP) is 9.49. The van der Waals surface area contributed by atoms with Crippen LogP contribution < -0.4 is 21.3 Å². The Morgan fingerprint density at radius 2 is 0.771 bits per heavy atom. The van der Waals surface area contributed by atoms with Gasteiger partial charge in [-0.3, -0.25) is 0 Å². The first-order valence-corrected chi connectivity index (χ1v) is 19.5. The molecule has 0 amide bonds. The third-order valence-electron chi connectivity index (χ3n) is 9.14. The maximum atomic E-state index is 5.60. The molecule has 0 spiro atoms. The van der Waals surface area contributed by atoms with Crippen molar-refractivity contribution in [2.24, 2.45) is 0 Å². The number of hydrogen-bond acceptors (Lipinski definition) is 4. The molecule has 0 radical (unpaired) electrons. The molecular weight excluding hydrogens is 665 g/mol. The van der Waals surface area contributed by atoms with Gasteiger partial charge in [0.25, 0.3) is 0 Å². The minimum atomic E-state index is 0.689. The molecule has 0 unspecified atom stereocenters. The summed E-state index contributed by atoms with van der Waals surface area (Å²) in [6.45, 7) is 3.01. The molecule has 0 aromatic heterocycles. The molecule has 0 bridgehead atoms. The highest BCUT2D eigenvalue weighted by Gasteiger charge is 2.12. The first-order chi connectivity index (χ1) is 23.6. The Balaban J connectivity index is 0.746. The normalized spacial score (nSPS) is 11.8. The Hall–Kier alpha value is -4.08. The topological polar surface area (TPSA) is 48.1 Å². The van der Waals surface area contributed by atoms with Crippen LogP contribution in [0.2, 0.25) is 0 Å². The van der Waals surface area contributed by atoms with Crippen LogP contribution in [0.5, 0.6) is 0 Å². The fourth-order valence-electron chi connectivity index (χ4n) is 6.91. The van der Waals surface area contributed by atoms with E-state index in [0.29, 0.717) is 23.3 Å². The molecule has 8 aromatic carbocycles. The first kappa shape index (κ1) is 31.2. The minimum absolute atomic E-state index is 0.689. The van der Waals surface area contributed by atoms with Gasteiger partial charge in [0.1, 0.15) is 0 Å². The Labute approximate surface area is 298 Å². The summed E-state index contributed by atoms with van der Waals surface area (Å²) in [7, 11) is 3.69. The molecule has 0 fully saturated rings. The van der Waals surface area contributed by atoms with Crippen LogP contribution in [0.3, 0.4) is 0 Å². The smallest absolute Gasteiger partial charge is 0.166 e. The van der Waals surface area contributed by atoms with Crippen LogP contribution in [0.4, 0.5) is 0 Å². The summed E-state index contributed by atoms with van der Waals surface area (Å²) in [5.41, 5.74) is 2.51. The predicted molar refractivity (Wildman–Crippen MR) is 220 cm³/mol. The average Bonchev–Trinajstić information content (AvgIpc) is 3.12. The van der Waals surface area contributed by atoms with E-state index in [1.807, 2.05) is 21.6 Å². The zero-order valence-corrected chi connectivity index (χ0v) is 29.5. The van der Waals surface area contributed by atoms with Gasteiger partial charge in [0.05, 0.1) is 0 Å². The molecule has 0 aliphatic rings. The molecule has 0 atom stereocenters. The van der Waals surface area contributed by atoms with Crippen LogP contribution in [0, 0.1) is 0 Å². The lowest BCUT2D eigenvalue weighted by Gasteiger charge is -2.15. The second kappa shape index (κ2) is 13.8. The summed E-state index contributed by atoms with van der Waals surface area (Å²) in [4.78, 5) is 0. The van der Waals surface area contributed by atoms with Crippen LogP contribution in [0.25, 0.3) is 64.6 Å². The lowest BCUT2D eigenvalue weighted by atomic mass is 9.92. The van der Waals surface area contributed by atoms with E-state index in [9.17, 15) is 0 Å². The average molecular weight is 699 g/mol. The third kappa shape index (κ3) is 6.14. The molecular formula is C40H34N4S4. The van der Waals surface area contributed by atoms with Gasteiger partial charge >= 0.3 is 0 Å². The van der Waals surface area contributed by atoms with Crippen LogP contribution >= 0.6 is 46.0 Å². The molecule has 0 aliphatic carbocycles. The van der Waals surface area contributed by atoms with Gasteiger partial charge in [-0.2, -0.15) is 0 Å². The van der Waals surface area contributed by atoms with Crippen molar-refractivity contribution in [1.29, 1.82) is 0 Å². The fourth-order valence-corrected chi connectivity index (χ4v) is 9.07. The maximum Gasteiger partial charge on any atom is 0.166 e. The highest BCUT2D eigenvalue weighted by molar-refractivity contribution is 8.76. The number of hydrogen-bond donors (Lipinski definition) is 4. The minimum Gasteiger partial charge on any atom is -0.362 e. The molecule has 8 rings (SSSR count). The van der Waals surface area contributed by atoms with E-state index in [1.54, 1.807) is 0 Å². The van der Waals surface area contributed by atoms with Crippen molar-refractivity contribution in [1.82, 2.24) is 21.3 Å². The van der Waals surface area contributed by atoms with Gasteiger partial charge in [0, 0.05) is 37.7 Å². The van der Waals surface area contributed by atoms with Gasteiger partial charge in [-0.05, 0) is 100 Å². The van der Waals surface area contributed by atoms with Crippen molar-refractivity contribution in [2.75, 3.05) is 24.6 Å². The molecule has 4 nitrogen and oxygen atoms in total. The van der Waals surface area contributed by atoms with Gasteiger partial charge in [0.15, 0.2) is 10.2 Å². The van der Waals surface area contributed by atoms with E-state index < -0.39 is 0 Å². The summed E-state index contributed by atoms with van der Waals surface area (Å²) in [5, 5.41) is 30.6.